The highest BCUT2D eigenvalue weighted by atomic mass is 19.1. The molecular formula is C27H29F2N3O4. The molecule has 3 aromatic rings. The molecule has 9 heteroatoms. The van der Waals surface area contributed by atoms with Crippen molar-refractivity contribution in [2.45, 2.75) is 31.9 Å². The molecule has 36 heavy (non-hydrogen) atoms. The van der Waals surface area contributed by atoms with Crippen LogP contribution < -0.4 is 0 Å². The highest BCUT2D eigenvalue weighted by Gasteiger charge is 2.34. The molecule has 0 aliphatic carbocycles. The van der Waals surface area contributed by atoms with Crippen LogP contribution in [-0.2, 0) is 17.8 Å². The minimum absolute atomic E-state index is 0.00442. The maximum absolute atomic E-state index is 14.6. The lowest BCUT2D eigenvalue weighted by Crippen LogP contribution is -2.48. The molecule has 1 atom stereocenters. The number of carbonyl (C=O) groups excluding carboxylic acids is 2. The fourth-order valence-electron chi connectivity index (χ4n) is 4.73. The van der Waals surface area contributed by atoms with Gasteiger partial charge in [-0.2, -0.15) is 0 Å². The van der Waals surface area contributed by atoms with Gasteiger partial charge in [-0.1, -0.05) is 6.07 Å². The maximum atomic E-state index is 14.6. The number of hydrogen-bond acceptors (Lipinski definition) is 5. The summed E-state index contributed by atoms with van der Waals surface area (Å²) in [6.07, 6.45) is 4.56. The van der Waals surface area contributed by atoms with Crippen molar-refractivity contribution in [2.75, 3.05) is 27.2 Å². The molecule has 4 rings (SSSR count). The van der Waals surface area contributed by atoms with Crippen molar-refractivity contribution in [3.05, 3.63) is 89.1 Å². The summed E-state index contributed by atoms with van der Waals surface area (Å²) in [5.74, 6) is -0.871. The largest absolute Gasteiger partial charge is 0.453 e. The molecule has 0 bridgehead atoms. The zero-order chi connectivity index (χ0) is 25.7. The van der Waals surface area contributed by atoms with Gasteiger partial charge in [0.2, 0.25) is 0 Å². The van der Waals surface area contributed by atoms with E-state index in [1.165, 1.54) is 18.3 Å². The standard InChI is InChI=1S/C27H29F2N3O4/c1-31(26(33)20-4-3-11-30-16-20)24(14-19-5-6-21(28)15-23(19)29)18-9-12-32(13-10-18)27(34)25-8-7-22(36-25)17-35-2/h3-8,11,15-16,18,24H,9-10,12-14,17H2,1-2H3. The molecule has 2 aromatic heterocycles. The Bertz CT molecular complexity index is 1190. The number of methoxy groups -OCH3 is 1. The van der Waals surface area contributed by atoms with Gasteiger partial charge in [0.1, 0.15) is 24.0 Å². The Morgan fingerprint density at radius 3 is 2.64 bits per heavy atom. The first-order valence-corrected chi connectivity index (χ1v) is 11.9. The second-order valence-corrected chi connectivity index (χ2v) is 8.99. The highest BCUT2D eigenvalue weighted by molar-refractivity contribution is 5.94. The lowest BCUT2D eigenvalue weighted by molar-refractivity contribution is 0.0503. The molecule has 1 unspecified atom stereocenters. The summed E-state index contributed by atoms with van der Waals surface area (Å²) in [6.45, 7) is 1.23. The first-order chi connectivity index (χ1) is 17.4. The van der Waals surface area contributed by atoms with Crippen LogP contribution in [0.1, 0.15) is 45.1 Å². The minimum atomic E-state index is -0.647. The van der Waals surface area contributed by atoms with Crippen molar-refractivity contribution >= 4 is 11.8 Å². The van der Waals surface area contributed by atoms with Crippen molar-refractivity contribution in [3.8, 4) is 0 Å². The summed E-state index contributed by atoms with van der Waals surface area (Å²) in [7, 11) is 3.25. The van der Waals surface area contributed by atoms with Crippen molar-refractivity contribution in [3.63, 3.8) is 0 Å². The molecular weight excluding hydrogens is 468 g/mol. The van der Waals surface area contributed by atoms with Crippen LogP contribution in [0, 0.1) is 17.6 Å². The van der Waals surface area contributed by atoms with Crippen molar-refractivity contribution < 1.29 is 27.5 Å². The van der Waals surface area contributed by atoms with Crippen LogP contribution in [0.25, 0.3) is 0 Å². The molecule has 1 fully saturated rings. The molecule has 1 aliphatic heterocycles. The van der Waals surface area contributed by atoms with E-state index in [0.717, 1.165) is 6.07 Å². The first kappa shape index (κ1) is 25.5. The number of pyridine rings is 1. The highest BCUT2D eigenvalue weighted by Crippen LogP contribution is 2.29. The summed E-state index contributed by atoms with van der Waals surface area (Å²) in [5.41, 5.74) is 0.772. The molecule has 2 amide bonds. The first-order valence-electron chi connectivity index (χ1n) is 11.9. The van der Waals surface area contributed by atoms with Crippen LogP contribution in [0.3, 0.4) is 0 Å². The van der Waals surface area contributed by atoms with Gasteiger partial charge in [0.05, 0.1) is 5.56 Å². The van der Waals surface area contributed by atoms with E-state index in [1.54, 1.807) is 54.4 Å². The van der Waals surface area contributed by atoms with Crippen LogP contribution in [0.15, 0.2) is 59.3 Å². The number of ether oxygens (including phenoxy) is 1. The molecule has 190 valence electrons. The lowest BCUT2D eigenvalue weighted by Gasteiger charge is -2.40. The topological polar surface area (TPSA) is 75.9 Å². The second kappa shape index (κ2) is 11.4. The number of nitrogens with zero attached hydrogens (tertiary/aromatic N) is 3. The number of benzene rings is 1. The van der Waals surface area contributed by atoms with Gasteiger partial charge in [-0.3, -0.25) is 14.6 Å². The van der Waals surface area contributed by atoms with Crippen molar-refractivity contribution in [1.29, 1.82) is 0 Å². The number of rotatable bonds is 8. The SMILES string of the molecule is COCc1ccc(C(=O)N2CCC(C(Cc3ccc(F)cc3F)N(C)C(=O)c3cccnc3)CC2)o1. The quantitative estimate of drug-likeness (QED) is 0.463. The Morgan fingerprint density at radius 2 is 1.97 bits per heavy atom. The molecule has 1 saturated heterocycles. The predicted molar refractivity (Wildman–Crippen MR) is 128 cm³/mol. The summed E-state index contributed by atoms with van der Waals surface area (Å²) in [6, 6.07) is 9.88. The Kier molecular flexibility index (Phi) is 8.10. The van der Waals surface area contributed by atoms with E-state index in [9.17, 15) is 18.4 Å². The number of hydrogen-bond donors (Lipinski definition) is 0. The van der Waals surface area contributed by atoms with Gasteiger partial charge in [0.25, 0.3) is 11.8 Å². The zero-order valence-electron chi connectivity index (χ0n) is 20.3. The number of likely N-dealkylation sites (tertiary alicyclic amines) is 1. The summed E-state index contributed by atoms with van der Waals surface area (Å²) >= 11 is 0. The van der Waals surface area contributed by atoms with E-state index >= 15 is 0 Å². The molecule has 1 aromatic carbocycles. The Balaban J connectivity index is 1.50. The Labute approximate surface area is 208 Å². The van der Waals surface area contributed by atoms with E-state index in [4.69, 9.17) is 9.15 Å². The van der Waals surface area contributed by atoms with Gasteiger partial charge in [-0.15, -0.1) is 0 Å². The molecule has 0 N–H and O–H groups in total. The maximum Gasteiger partial charge on any atom is 0.289 e. The van der Waals surface area contributed by atoms with Gasteiger partial charge < -0.3 is 19.0 Å². The number of furan rings is 1. The lowest BCUT2D eigenvalue weighted by atomic mass is 9.84. The van der Waals surface area contributed by atoms with E-state index in [1.807, 2.05) is 0 Å². The molecule has 0 spiro atoms. The van der Waals surface area contributed by atoms with E-state index in [2.05, 4.69) is 4.98 Å². The minimum Gasteiger partial charge on any atom is -0.453 e. The molecule has 0 saturated carbocycles. The van der Waals surface area contributed by atoms with Crippen LogP contribution in [-0.4, -0.2) is 59.9 Å². The predicted octanol–water partition coefficient (Wildman–Crippen LogP) is 4.33. The third-order valence-corrected chi connectivity index (χ3v) is 6.70. The molecule has 1 aliphatic rings. The van der Waals surface area contributed by atoms with Crippen LogP contribution in [0.2, 0.25) is 0 Å². The number of aromatic nitrogens is 1. The fraction of sp³-hybridized carbons (Fsp3) is 0.370. The Morgan fingerprint density at radius 1 is 1.19 bits per heavy atom. The number of halogens is 2. The van der Waals surface area contributed by atoms with E-state index in [0.29, 0.717) is 42.8 Å². The van der Waals surface area contributed by atoms with Gasteiger partial charge in [-0.25, -0.2) is 8.78 Å². The third-order valence-electron chi connectivity index (χ3n) is 6.70. The molecule has 0 radical (unpaired) electrons. The fourth-order valence-corrected chi connectivity index (χ4v) is 4.73. The van der Waals surface area contributed by atoms with Gasteiger partial charge in [0.15, 0.2) is 5.76 Å². The summed E-state index contributed by atoms with van der Waals surface area (Å²) < 4.78 is 38.7. The second-order valence-electron chi connectivity index (χ2n) is 8.99. The monoisotopic (exact) mass is 497 g/mol. The van der Waals surface area contributed by atoms with Crippen molar-refractivity contribution in [2.24, 2.45) is 5.92 Å². The van der Waals surface area contributed by atoms with Crippen LogP contribution >= 0.6 is 0 Å². The summed E-state index contributed by atoms with van der Waals surface area (Å²) in [4.78, 5) is 33.5. The average molecular weight is 498 g/mol. The van der Waals surface area contributed by atoms with Crippen molar-refractivity contribution in [1.82, 2.24) is 14.8 Å². The molecule has 3 heterocycles. The number of likely N-dealkylation sites (N-methyl/N-ethyl adjacent to an activating group) is 1. The van der Waals surface area contributed by atoms with Gasteiger partial charge in [-0.05, 0) is 61.1 Å². The zero-order valence-corrected chi connectivity index (χ0v) is 20.3. The summed E-state index contributed by atoms with van der Waals surface area (Å²) in [5, 5.41) is 0. The van der Waals surface area contributed by atoms with Gasteiger partial charge >= 0.3 is 0 Å². The normalized spacial score (nSPS) is 15.1. The van der Waals surface area contributed by atoms with E-state index in [-0.39, 0.29) is 42.6 Å². The number of amides is 2. The number of carbonyl (C=O) groups is 2. The smallest absolute Gasteiger partial charge is 0.289 e. The number of piperidine rings is 1. The van der Waals surface area contributed by atoms with Crippen LogP contribution in [0.4, 0.5) is 8.78 Å². The average Bonchev–Trinajstić information content (AvgIpc) is 3.36. The molecule has 7 nitrogen and oxygen atoms in total. The third kappa shape index (κ3) is 5.79. The van der Waals surface area contributed by atoms with Crippen LogP contribution in [0.5, 0.6) is 0 Å². The van der Waals surface area contributed by atoms with E-state index < -0.39 is 11.6 Å². The Hall–Kier alpha value is -3.59. The van der Waals surface area contributed by atoms with Gasteiger partial charge in [0, 0.05) is 51.7 Å².